The molecule has 0 aliphatic heterocycles. The monoisotopic (exact) mass is 259 g/mol. The highest BCUT2D eigenvalue weighted by molar-refractivity contribution is 5.34. The van der Waals surface area contributed by atoms with E-state index in [0.29, 0.717) is 18.4 Å². The molecule has 0 radical (unpaired) electrons. The Balaban J connectivity index is 1.75. The van der Waals surface area contributed by atoms with Gasteiger partial charge in [0.15, 0.2) is 5.82 Å². The van der Waals surface area contributed by atoms with Gasteiger partial charge in [-0.15, -0.1) is 0 Å². The number of nitrogens with zero attached hydrogens (tertiary/aromatic N) is 2. The predicted octanol–water partition coefficient (Wildman–Crippen LogP) is 1.60. The van der Waals surface area contributed by atoms with Gasteiger partial charge in [-0.25, -0.2) is 0 Å². The molecule has 3 rings (SSSR count). The van der Waals surface area contributed by atoms with Crippen LogP contribution < -0.4 is 5.73 Å². The van der Waals surface area contributed by atoms with Gasteiger partial charge in [0.2, 0.25) is 5.89 Å². The maximum Gasteiger partial charge on any atom is 0.245 e. The van der Waals surface area contributed by atoms with Crippen molar-refractivity contribution in [2.75, 3.05) is 13.7 Å². The summed E-state index contributed by atoms with van der Waals surface area (Å²) >= 11 is 0. The van der Waals surface area contributed by atoms with Crippen LogP contribution in [0, 0.1) is 0 Å². The van der Waals surface area contributed by atoms with Crippen LogP contribution in [0.25, 0.3) is 0 Å². The average Bonchev–Trinajstić information content (AvgIpc) is 3.05. The number of benzene rings is 1. The fraction of sp³-hybridized carbons (Fsp3) is 0.429. The van der Waals surface area contributed by atoms with Gasteiger partial charge in [-0.3, -0.25) is 0 Å². The summed E-state index contributed by atoms with van der Waals surface area (Å²) in [7, 11) is 1.60. The maximum atomic E-state index is 5.88. The smallest absolute Gasteiger partial charge is 0.245 e. The van der Waals surface area contributed by atoms with Crippen molar-refractivity contribution in [2.45, 2.75) is 24.8 Å². The Labute approximate surface area is 111 Å². The second-order valence-electron chi connectivity index (χ2n) is 4.93. The van der Waals surface area contributed by atoms with Crippen LogP contribution in [0.15, 0.2) is 28.8 Å². The highest BCUT2D eigenvalue weighted by Crippen LogP contribution is 2.32. The van der Waals surface area contributed by atoms with E-state index >= 15 is 0 Å². The molecule has 5 nitrogen and oxygen atoms in total. The molecule has 1 atom stereocenters. The highest BCUT2D eigenvalue weighted by atomic mass is 16.5. The van der Waals surface area contributed by atoms with Gasteiger partial charge >= 0.3 is 0 Å². The van der Waals surface area contributed by atoms with Crippen molar-refractivity contribution in [1.82, 2.24) is 10.1 Å². The molecular formula is C14H17N3O2. The molecule has 0 saturated carbocycles. The predicted molar refractivity (Wildman–Crippen MR) is 69.7 cm³/mol. The van der Waals surface area contributed by atoms with Crippen molar-refractivity contribution in [1.29, 1.82) is 0 Å². The van der Waals surface area contributed by atoms with Gasteiger partial charge < -0.3 is 15.0 Å². The molecule has 1 aromatic carbocycles. The number of hydrogen-bond donors (Lipinski definition) is 1. The molecule has 19 heavy (non-hydrogen) atoms. The first-order valence-electron chi connectivity index (χ1n) is 6.42. The van der Waals surface area contributed by atoms with Crippen LogP contribution in [0.1, 0.15) is 34.8 Å². The van der Waals surface area contributed by atoms with Crippen LogP contribution in [-0.4, -0.2) is 23.9 Å². The minimum Gasteiger partial charge on any atom is -0.383 e. The Morgan fingerprint density at radius 1 is 1.37 bits per heavy atom. The third-order valence-electron chi connectivity index (χ3n) is 3.54. The van der Waals surface area contributed by atoms with Crippen LogP contribution in [0.5, 0.6) is 0 Å². The topological polar surface area (TPSA) is 74.2 Å². The fourth-order valence-electron chi connectivity index (χ4n) is 2.56. The molecule has 0 fully saturated rings. The van der Waals surface area contributed by atoms with Crippen LogP contribution in [-0.2, 0) is 17.6 Å². The zero-order valence-electron chi connectivity index (χ0n) is 10.9. The van der Waals surface area contributed by atoms with Gasteiger partial charge in [-0.05, 0) is 24.0 Å². The van der Waals surface area contributed by atoms with Crippen molar-refractivity contribution < 1.29 is 9.26 Å². The molecule has 0 bridgehead atoms. The lowest BCUT2D eigenvalue weighted by Crippen LogP contribution is -2.16. The van der Waals surface area contributed by atoms with Crippen LogP contribution in [0.4, 0.5) is 0 Å². The lowest BCUT2D eigenvalue weighted by atomic mass is 10.1. The Bertz CT molecular complexity index is 542. The summed E-state index contributed by atoms with van der Waals surface area (Å²) in [6.07, 6.45) is 1.93. The van der Waals surface area contributed by atoms with Gasteiger partial charge in [0.25, 0.3) is 0 Å². The molecule has 1 aromatic heterocycles. The van der Waals surface area contributed by atoms with Crippen LogP contribution >= 0.6 is 0 Å². The van der Waals surface area contributed by atoms with E-state index in [1.165, 1.54) is 11.1 Å². The Morgan fingerprint density at radius 3 is 2.68 bits per heavy atom. The first kappa shape index (κ1) is 12.3. The van der Waals surface area contributed by atoms with Gasteiger partial charge in [-0.1, -0.05) is 29.4 Å². The van der Waals surface area contributed by atoms with E-state index < -0.39 is 0 Å². The van der Waals surface area contributed by atoms with Crippen molar-refractivity contribution in [3.63, 3.8) is 0 Å². The largest absolute Gasteiger partial charge is 0.383 e. The quantitative estimate of drug-likeness (QED) is 0.902. The first-order valence-corrected chi connectivity index (χ1v) is 6.42. The first-order chi connectivity index (χ1) is 9.28. The number of hydrogen-bond acceptors (Lipinski definition) is 5. The minimum atomic E-state index is -0.352. The summed E-state index contributed by atoms with van der Waals surface area (Å²) in [4.78, 5) is 4.41. The maximum absolute atomic E-state index is 5.88. The van der Waals surface area contributed by atoms with Gasteiger partial charge in [-0.2, -0.15) is 4.98 Å². The van der Waals surface area contributed by atoms with E-state index in [2.05, 4.69) is 34.4 Å². The molecule has 100 valence electrons. The van der Waals surface area contributed by atoms with E-state index in [1.54, 1.807) is 7.11 Å². The molecule has 5 heteroatoms. The molecule has 0 amide bonds. The normalized spacial score (nSPS) is 16.5. The zero-order valence-corrected chi connectivity index (χ0v) is 10.9. The summed E-state index contributed by atoms with van der Waals surface area (Å²) in [5, 5.41) is 4.06. The molecule has 0 spiro atoms. The molecule has 2 aromatic rings. The standard InChI is InChI=1S/C14H17N3O2/c1-18-8-12(15)14-16-13(17-19-14)11-6-9-4-2-3-5-10(9)7-11/h2-5,11-12H,6-8,15H2,1H3. The molecule has 2 N–H and O–H groups in total. The van der Waals surface area contributed by atoms with Crippen molar-refractivity contribution in [3.8, 4) is 0 Å². The SMILES string of the molecule is COCC(N)c1nc(C2Cc3ccccc3C2)no1. The average molecular weight is 259 g/mol. The van der Waals surface area contributed by atoms with Crippen molar-refractivity contribution in [3.05, 3.63) is 47.1 Å². The molecule has 1 aliphatic carbocycles. The third kappa shape index (κ3) is 2.39. The summed E-state index contributed by atoms with van der Waals surface area (Å²) in [6, 6.07) is 8.10. The lowest BCUT2D eigenvalue weighted by molar-refractivity contribution is 0.166. The second kappa shape index (κ2) is 5.11. The minimum absolute atomic E-state index is 0.296. The Morgan fingerprint density at radius 2 is 2.05 bits per heavy atom. The van der Waals surface area contributed by atoms with E-state index in [9.17, 15) is 0 Å². The van der Waals surface area contributed by atoms with E-state index in [4.69, 9.17) is 15.0 Å². The molecule has 1 aliphatic rings. The van der Waals surface area contributed by atoms with Crippen LogP contribution in [0.2, 0.25) is 0 Å². The molecular weight excluding hydrogens is 242 g/mol. The van der Waals surface area contributed by atoms with Gasteiger partial charge in [0, 0.05) is 13.0 Å². The molecule has 1 unspecified atom stereocenters. The van der Waals surface area contributed by atoms with Crippen molar-refractivity contribution in [2.24, 2.45) is 5.73 Å². The molecule has 1 heterocycles. The summed E-state index contributed by atoms with van der Waals surface area (Å²) in [6.45, 7) is 0.381. The summed E-state index contributed by atoms with van der Waals surface area (Å²) < 4.78 is 10.2. The summed E-state index contributed by atoms with van der Waals surface area (Å²) in [5.74, 6) is 1.50. The number of aromatic nitrogens is 2. The number of methoxy groups -OCH3 is 1. The number of ether oxygens (including phenoxy) is 1. The van der Waals surface area contributed by atoms with Crippen LogP contribution in [0.3, 0.4) is 0 Å². The number of fused-ring (bicyclic) bond motifs is 1. The Hall–Kier alpha value is -1.72. The van der Waals surface area contributed by atoms with E-state index in [-0.39, 0.29) is 6.04 Å². The zero-order chi connectivity index (χ0) is 13.2. The van der Waals surface area contributed by atoms with Crippen molar-refractivity contribution >= 4 is 0 Å². The lowest BCUT2D eigenvalue weighted by Gasteiger charge is -2.03. The number of rotatable bonds is 4. The van der Waals surface area contributed by atoms with Gasteiger partial charge in [0.1, 0.15) is 6.04 Å². The van der Waals surface area contributed by atoms with Gasteiger partial charge in [0.05, 0.1) is 6.61 Å². The second-order valence-corrected chi connectivity index (χ2v) is 4.93. The highest BCUT2D eigenvalue weighted by Gasteiger charge is 2.27. The third-order valence-corrected chi connectivity index (χ3v) is 3.54. The van der Waals surface area contributed by atoms with E-state index in [0.717, 1.165) is 18.7 Å². The summed E-state index contributed by atoms with van der Waals surface area (Å²) in [5.41, 5.74) is 8.63. The Kier molecular flexibility index (Phi) is 3.31. The van der Waals surface area contributed by atoms with E-state index in [1.807, 2.05) is 0 Å². The fourth-order valence-corrected chi connectivity index (χ4v) is 2.56. The number of nitrogens with two attached hydrogens (primary N) is 1. The molecule has 0 saturated heterocycles.